The predicted molar refractivity (Wildman–Crippen MR) is 74.9 cm³/mol. The van der Waals surface area contributed by atoms with Crippen LogP contribution in [0.1, 0.15) is 44.0 Å². The van der Waals surface area contributed by atoms with Gasteiger partial charge in [0.2, 0.25) is 5.88 Å². The zero-order valence-corrected chi connectivity index (χ0v) is 12.2. The SMILES string of the molecule is CNc1nc(C2CC2)nc(OCCOC(C)C)c1C. The summed E-state index contributed by atoms with van der Waals surface area (Å²) in [5.41, 5.74) is 0.955. The van der Waals surface area contributed by atoms with E-state index in [9.17, 15) is 0 Å². The largest absolute Gasteiger partial charge is 0.475 e. The van der Waals surface area contributed by atoms with Crippen molar-refractivity contribution < 1.29 is 9.47 Å². The molecule has 2 rings (SSSR count). The molecule has 1 fully saturated rings. The van der Waals surface area contributed by atoms with Crippen molar-refractivity contribution in [2.45, 2.75) is 45.6 Å². The molecule has 0 bridgehead atoms. The molecular formula is C14H23N3O2. The first-order valence-electron chi connectivity index (χ1n) is 6.92. The summed E-state index contributed by atoms with van der Waals surface area (Å²) in [5, 5.41) is 3.10. The van der Waals surface area contributed by atoms with Crippen LogP contribution < -0.4 is 10.1 Å². The van der Waals surface area contributed by atoms with Crippen LogP contribution in [-0.2, 0) is 4.74 Å². The fraction of sp³-hybridized carbons (Fsp3) is 0.714. The van der Waals surface area contributed by atoms with E-state index in [1.165, 1.54) is 12.8 Å². The third-order valence-corrected chi connectivity index (χ3v) is 3.07. The molecule has 1 aliphatic carbocycles. The van der Waals surface area contributed by atoms with Gasteiger partial charge in [0.1, 0.15) is 18.2 Å². The molecule has 0 saturated heterocycles. The van der Waals surface area contributed by atoms with Gasteiger partial charge >= 0.3 is 0 Å². The van der Waals surface area contributed by atoms with E-state index in [1.807, 2.05) is 27.8 Å². The maximum Gasteiger partial charge on any atom is 0.221 e. The van der Waals surface area contributed by atoms with Crippen LogP contribution >= 0.6 is 0 Å². The zero-order chi connectivity index (χ0) is 13.8. The average Bonchev–Trinajstić information content (AvgIpc) is 3.20. The second-order valence-corrected chi connectivity index (χ2v) is 5.15. The Kier molecular flexibility index (Phi) is 4.58. The van der Waals surface area contributed by atoms with Crippen molar-refractivity contribution in [1.82, 2.24) is 9.97 Å². The van der Waals surface area contributed by atoms with E-state index < -0.39 is 0 Å². The topological polar surface area (TPSA) is 56.3 Å². The summed E-state index contributed by atoms with van der Waals surface area (Å²) in [6.07, 6.45) is 2.59. The van der Waals surface area contributed by atoms with E-state index in [2.05, 4.69) is 15.3 Å². The number of nitrogens with zero attached hydrogens (tertiary/aromatic N) is 2. The molecule has 0 aliphatic heterocycles. The minimum Gasteiger partial charge on any atom is -0.475 e. The molecule has 106 valence electrons. The van der Waals surface area contributed by atoms with E-state index in [0.29, 0.717) is 25.0 Å². The molecule has 1 heterocycles. The Balaban J connectivity index is 2.03. The van der Waals surface area contributed by atoms with Crippen LogP contribution in [-0.4, -0.2) is 36.3 Å². The van der Waals surface area contributed by atoms with E-state index in [-0.39, 0.29) is 6.10 Å². The lowest BCUT2D eigenvalue weighted by Crippen LogP contribution is -2.13. The molecule has 0 aromatic carbocycles. The van der Waals surface area contributed by atoms with Crippen LogP contribution in [0.5, 0.6) is 5.88 Å². The Labute approximate surface area is 114 Å². The van der Waals surface area contributed by atoms with E-state index >= 15 is 0 Å². The van der Waals surface area contributed by atoms with Gasteiger partial charge in [0.05, 0.1) is 18.3 Å². The van der Waals surface area contributed by atoms with Crippen molar-refractivity contribution in [2.75, 3.05) is 25.6 Å². The van der Waals surface area contributed by atoms with E-state index in [4.69, 9.17) is 9.47 Å². The lowest BCUT2D eigenvalue weighted by molar-refractivity contribution is 0.0540. The quantitative estimate of drug-likeness (QED) is 0.768. The van der Waals surface area contributed by atoms with Crippen LogP contribution in [0.15, 0.2) is 0 Å². The summed E-state index contributed by atoms with van der Waals surface area (Å²) in [7, 11) is 1.87. The van der Waals surface area contributed by atoms with Gasteiger partial charge in [-0.05, 0) is 33.6 Å². The van der Waals surface area contributed by atoms with Gasteiger partial charge in [-0.3, -0.25) is 0 Å². The lowest BCUT2D eigenvalue weighted by Gasteiger charge is -2.13. The summed E-state index contributed by atoms with van der Waals surface area (Å²) < 4.78 is 11.2. The first-order chi connectivity index (χ1) is 9.11. The highest BCUT2D eigenvalue weighted by molar-refractivity contribution is 5.48. The highest BCUT2D eigenvalue weighted by atomic mass is 16.5. The van der Waals surface area contributed by atoms with Crippen LogP contribution in [0.25, 0.3) is 0 Å². The normalized spacial score (nSPS) is 14.8. The minimum absolute atomic E-state index is 0.227. The summed E-state index contributed by atoms with van der Waals surface area (Å²) >= 11 is 0. The van der Waals surface area contributed by atoms with E-state index in [0.717, 1.165) is 17.2 Å². The fourth-order valence-electron chi connectivity index (χ4n) is 1.84. The van der Waals surface area contributed by atoms with Crippen molar-refractivity contribution in [1.29, 1.82) is 0 Å². The first kappa shape index (κ1) is 14.1. The van der Waals surface area contributed by atoms with Gasteiger partial charge in [-0.2, -0.15) is 4.98 Å². The van der Waals surface area contributed by atoms with Crippen molar-refractivity contribution in [3.63, 3.8) is 0 Å². The van der Waals surface area contributed by atoms with Crippen molar-refractivity contribution >= 4 is 5.82 Å². The second kappa shape index (κ2) is 6.19. The lowest BCUT2D eigenvalue weighted by atomic mass is 10.3. The molecule has 1 aromatic heterocycles. The van der Waals surface area contributed by atoms with Crippen LogP contribution in [0, 0.1) is 6.92 Å². The molecule has 19 heavy (non-hydrogen) atoms. The van der Waals surface area contributed by atoms with E-state index in [1.54, 1.807) is 0 Å². The van der Waals surface area contributed by atoms with Gasteiger partial charge in [-0.1, -0.05) is 0 Å². The molecule has 1 saturated carbocycles. The maximum atomic E-state index is 5.73. The molecule has 5 nitrogen and oxygen atoms in total. The number of hydrogen-bond acceptors (Lipinski definition) is 5. The summed E-state index contributed by atoms with van der Waals surface area (Å²) in [6.45, 7) is 7.10. The third kappa shape index (κ3) is 3.80. The highest BCUT2D eigenvalue weighted by Gasteiger charge is 2.28. The first-order valence-corrected chi connectivity index (χ1v) is 6.92. The van der Waals surface area contributed by atoms with Gasteiger partial charge in [-0.15, -0.1) is 0 Å². The second-order valence-electron chi connectivity index (χ2n) is 5.15. The third-order valence-electron chi connectivity index (χ3n) is 3.07. The van der Waals surface area contributed by atoms with Gasteiger partial charge in [0.15, 0.2) is 0 Å². The molecule has 1 aromatic rings. The predicted octanol–water partition coefficient (Wildman–Crippen LogP) is 2.51. The monoisotopic (exact) mass is 265 g/mol. The Morgan fingerprint density at radius 3 is 2.58 bits per heavy atom. The van der Waals surface area contributed by atoms with Crippen molar-refractivity contribution in [3.8, 4) is 5.88 Å². The van der Waals surface area contributed by atoms with Gasteiger partial charge < -0.3 is 14.8 Å². The Morgan fingerprint density at radius 2 is 2.00 bits per heavy atom. The van der Waals surface area contributed by atoms with Crippen molar-refractivity contribution in [3.05, 3.63) is 11.4 Å². The molecule has 0 atom stereocenters. The molecular weight excluding hydrogens is 242 g/mol. The van der Waals surface area contributed by atoms with Crippen LogP contribution in [0.3, 0.4) is 0 Å². The molecule has 0 amide bonds. The summed E-state index contributed by atoms with van der Waals surface area (Å²) in [4.78, 5) is 9.07. The molecule has 0 radical (unpaired) electrons. The number of ether oxygens (including phenoxy) is 2. The Hall–Kier alpha value is -1.36. The molecule has 0 spiro atoms. The number of hydrogen-bond donors (Lipinski definition) is 1. The van der Waals surface area contributed by atoms with Crippen molar-refractivity contribution in [2.24, 2.45) is 0 Å². The molecule has 0 unspecified atom stereocenters. The minimum atomic E-state index is 0.227. The smallest absolute Gasteiger partial charge is 0.221 e. The average molecular weight is 265 g/mol. The Bertz CT molecular complexity index is 431. The fourth-order valence-corrected chi connectivity index (χ4v) is 1.84. The Morgan fingerprint density at radius 1 is 1.26 bits per heavy atom. The maximum absolute atomic E-state index is 5.73. The standard InChI is InChI=1S/C14H23N3O2/c1-9(2)18-7-8-19-14-10(3)12(15-4)16-13(17-14)11-5-6-11/h9,11H,5-8H2,1-4H3,(H,15,16,17). The number of rotatable bonds is 7. The molecule has 1 N–H and O–H groups in total. The number of anilines is 1. The number of nitrogens with one attached hydrogen (secondary N) is 1. The highest BCUT2D eigenvalue weighted by Crippen LogP contribution is 2.39. The number of aromatic nitrogens is 2. The summed E-state index contributed by atoms with van der Waals surface area (Å²) in [5.74, 6) is 2.95. The molecule has 1 aliphatic rings. The van der Waals surface area contributed by atoms with Crippen LogP contribution in [0.2, 0.25) is 0 Å². The van der Waals surface area contributed by atoms with Gasteiger partial charge in [-0.25, -0.2) is 4.98 Å². The van der Waals surface area contributed by atoms with Gasteiger partial charge in [0, 0.05) is 13.0 Å². The van der Waals surface area contributed by atoms with Crippen LogP contribution in [0.4, 0.5) is 5.82 Å². The van der Waals surface area contributed by atoms with Gasteiger partial charge in [0.25, 0.3) is 0 Å². The molecule has 5 heteroatoms. The summed E-state index contributed by atoms with van der Waals surface area (Å²) in [6, 6.07) is 0. The zero-order valence-electron chi connectivity index (χ0n) is 12.2.